The first-order valence-corrected chi connectivity index (χ1v) is 7.42. The van der Waals surface area contributed by atoms with Crippen LogP contribution in [0.4, 0.5) is 0 Å². The quantitative estimate of drug-likeness (QED) is 0.632. The van der Waals surface area contributed by atoms with Crippen molar-refractivity contribution in [3.05, 3.63) is 29.3 Å². The maximum atomic E-state index is 11.1. The third-order valence-corrected chi connectivity index (χ3v) is 3.85. The highest BCUT2D eigenvalue weighted by Gasteiger charge is 2.48. The minimum Gasteiger partial charge on any atom is -0.479 e. The first-order valence-electron chi connectivity index (χ1n) is 7.42. The summed E-state index contributed by atoms with van der Waals surface area (Å²) < 4.78 is 10.8. The van der Waals surface area contributed by atoms with E-state index < -0.39 is 36.7 Å². The molecule has 0 aromatic heterocycles. The van der Waals surface area contributed by atoms with E-state index in [4.69, 9.17) is 14.6 Å². The monoisotopic (exact) mass is 326 g/mol. The zero-order valence-corrected chi connectivity index (χ0v) is 13.2. The van der Waals surface area contributed by atoms with Crippen LogP contribution < -0.4 is 4.74 Å². The number of aliphatic carboxylic acids is 1. The van der Waals surface area contributed by atoms with Gasteiger partial charge in [-0.3, -0.25) is 0 Å². The Balaban J connectivity index is 2.28. The van der Waals surface area contributed by atoms with Gasteiger partial charge in [-0.2, -0.15) is 0 Å². The van der Waals surface area contributed by atoms with Crippen molar-refractivity contribution >= 4 is 5.97 Å². The van der Waals surface area contributed by atoms with E-state index in [0.717, 1.165) is 11.1 Å². The number of rotatable bonds is 4. The smallest absolute Gasteiger partial charge is 0.335 e. The predicted octanol–water partition coefficient (Wildman–Crippen LogP) is 0.389. The molecule has 1 aromatic carbocycles. The summed E-state index contributed by atoms with van der Waals surface area (Å²) in [4.78, 5) is 11.1. The summed E-state index contributed by atoms with van der Waals surface area (Å²) >= 11 is 0. The van der Waals surface area contributed by atoms with Crippen LogP contribution in [0, 0.1) is 6.92 Å². The molecule has 7 heteroatoms. The van der Waals surface area contributed by atoms with E-state index in [0.29, 0.717) is 5.75 Å². The third kappa shape index (κ3) is 3.64. The molecule has 1 fully saturated rings. The molecule has 1 aliphatic heterocycles. The van der Waals surface area contributed by atoms with Crippen LogP contribution in [-0.2, 0) is 9.53 Å². The lowest BCUT2D eigenvalue weighted by atomic mass is 9.98. The van der Waals surface area contributed by atoms with Crippen LogP contribution in [0.25, 0.3) is 0 Å². The number of aryl methyl sites for hydroxylation is 1. The molecule has 7 nitrogen and oxygen atoms in total. The summed E-state index contributed by atoms with van der Waals surface area (Å²) in [5.41, 5.74) is 1.78. The molecule has 1 aromatic rings. The molecule has 0 aliphatic carbocycles. The second-order valence-electron chi connectivity index (χ2n) is 6.05. The number of carboxylic acids is 1. The Morgan fingerprint density at radius 3 is 2.39 bits per heavy atom. The first kappa shape index (κ1) is 17.7. The number of carbonyl (C=O) groups is 1. The van der Waals surface area contributed by atoms with Crippen molar-refractivity contribution in [3.63, 3.8) is 0 Å². The van der Waals surface area contributed by atoms with Crippen molar-refractivity contribution in [2.24, 2.45) is 0 Å². The summed E-state index contributed by atoms with van der Waals surface area (Å²) in [5.74, 6) is -0.862. The normalized spacial score (nSPS) is 31.2. The van der Waals surface area contributed by atoms with Crippen LogP contribution in [0.15, 0.2) is 18.2 Å². The van der Waals surface area contributed by atoms with Crippen molar-refractivity contribution in [2.45, 2.75) is 57.4 Å². The van der Waals surface area contributed by atoms with Gasteiger partial charge in [0, 0.05) is 0 Å². The number of aliphatic hydroxyl groups is 3. The Kier molecular flexibility index (Phi) is 5.26. The molecule has 1 heterocycles. The van der Waals surface area contributed by atoms with Gasteiger partial charge in [0.1, 0.15) is 24.1 Å². The molecule has 5 atom stereocenters. The number of aliphatic hydroxyl groups excluding tert-OH is 3. The van der Waals surface area contributed by atoms with Crippen LogP contribution in [0.5, 0.6) is 5.75 Å². The fourth-order valence-electron chi connectivity index (χ4n) is 2.50. The van der Waals surface area contributed by atoms with Crippen molar-refractivity contribution < 1.29 is 34.7 Å². The molecule has 4 N–H and O–H groups in total. The predicted molar refractivity (Wildman–Crippen MR) is 80.2 cm³/mol. The van der Waals surface area contributed by atoms with E-state index >= 15 is 0 Å². The Hall–Kier alpha value is -1.67. The van der Waals surface area contributed by atoms with Gasteiger partial charge in [-0.25, -0.2) is 4.79 Å². The lowest BCUT2D eigenvalue weighted by Gasteiger charge is -2.38. The second kappa shape index (κ2) is 6.84. The van der Waals surface area contributed by atoms with E-state index in [2.05, 4.69) is 0 Å². The van der Waals surface area contributed by atoms with Crippen LogP contribution in [0.3, 0.4) is 0 Å². The topological polar surface area (TPSA) is 116 Å². The zero-order valence-electron chi connectivity index (χ0n) is 13.2. The highest BCUT2D eigenvalue weighted by Crippen LogP contribution is 2.31. The van der Waals surface area contributed by atoms with Crippen LogP contribution in [0.1, 0.15) is 30.9 Å². The number of hydrogen-bond acceptors (Lipinski definition) is 6. The van der Waals surface area contributed by atoms with E-state index in [9.17, 15) is 20.1 Å². The van der Waals surface area contributed by atoms with Gasteiger partial charge in [-0.05, 0) is 30.0 Å². The molecule has 0 radical (unpaired) electrons. The standard InChI is InChI=1S/C16H22O7/c1-7(2)9-5-4-8(3)6-10(9)22-16-13(19)11(17)12(18)14(23-16)15(20)21/h4-7,11-14,16-19H,1-3H3,(H,20,21)/t11-,12+,13-,14-,16+/m1/s1. The average molecular weight is 326 g/mol. The average Bonchev–Trinajstić information content (AvgIpc) is 2.47. The van der Waals surface area contributed by atoms with Gasteiger partial charge < -0.3 is 29.9 Å². The number of hydrogen-bond donors (Lipinski definition) is 4. The van der Waals surface area contributed by atoms with Crippen LogP contribution in [-0.4, -0.2) is 57.1 Å². The highest BCUT2D eigenvalue weighted by atomic mass is 16.7. The molecule has 0 unspecified atom stereocenters. The van der Waals surface area contributed by atoms with Gasteiger partial charge in [-0.15, -0.1) is 0 Å². The lowest BCUT2D eigenvalue weighted by Crippen LogP contribution is -2.61. The van der Waals surface area contributed by atoms with E-state index in [1.54, 1.807) is 6.07 Å². The summed E-state index contributed by atoms with van der Waals surface area (Å²) in [6.45, 7) is 5.80. The van der Waals surface area contributed by atoms with Gasteiger partial charge in [0.2, 0.25) is 6.29 Å². The Morgan fingerprint density at radius 1 is 1.17 bits per heavy atom. The molecule has 2 rings (SSSR count). The molecule has 128 valence electrons. The van der Waals surface area contributed by atoms with Gasteiger partial charge in [0.15, 0.2) is 6.10 Å². The maximum absolute atomic E-state index is 11.1. The van der Waals surface area contributed by atoms with Crippen molar-refractivity contribution in [3.8, 4) is 5.75 Å². The molecular weight excluding hydrogens is 304 g/mol. The number of ether oxygens (including phenoxy) is 2. The summed E-state index contributed by atoms with van der Waals surface area (Å²) in [6, 6.07) is 5.54. The van der Waals surface area contributed by atoms with Gasteiger partial charge >= 0.3 is 5.97 Å². The molecule has 0 spiro atoms. The minimum absolute atomic E-state index is 0.136. The van der Waals surface area contributed by atoms with Gasteiger partial charge in [0.05, 0.1) is 0 Å². The summed E-state index contributed by atoms with van der Waals surface area (Å²) in [7, 11) is 0. The first-order chi connectivity index (χ1) is 10.7. The summed E-state index contributed by atoms with van der Waals surface area (Å²) in [6.07, 6.45) is -8.05. The minimum atomic E-state index is -1.73. The fraction of sp³-hybridized carbons (Fsp3) is 0.562. The molecule has 23 heavy (non-hydrogen) atoms. The van der Waals surface area contributed by atoms with E-state index in [-0.39, 0.29) is 5.92 Å². The van der Waals surface area contributed by atoms with Gasteiger partial charge in [-0.1, -0.05) is 26.0 Å². The fourth-order valence-corrected chi connectivity index (χ4v) is 2.50. The molecule has 0 amide bonds. The molecule has 0 bridgehead atoms. The van der Waals surface area contributed by atoms with Crippen LogP contribution >= 0.6 is 0 Å². The highest BCUT2D eigenvalue weighted by molar-refractivity contribution is 5.73. The van der Waals surface area contributed by atoms with E-state index in [1.807, 2.05) is 32.9 Å². The lowest BCUT2D eigenvalue weighted by molar-refractivity contribution is -0.271. The molecular formula is C16H22O7. The van der Waals surface area contributed by atoms with Gasteiger partial charge in [0.25, 0.3) is 0 Å². The van der Waals surface area contributed by atoms with Crippen molar-refractivity contribution in [2.75, 3.05) is 0 Å². The van der Waals surface area contributed by atoms with Crippen molar-refractivity contribution in [1.82, 2.24) is 0 Å². The maximum Gasteiger partial charge on any atom is 0.335 e. The number of benzene rings is 1. The van der Waals surface area contributed by atoms with Crippen LogP contribution in [0.2, 0.25) is 0 Å². The van der Waals surface area contributed by atoms with E-state index in [1.165, 1.54) is 0 Å². The summed E-state index contributed by atoms with van der Waals surface area (Å²) in [5, 5.41) is 38.6. The number of carboxylic acid groups (broad SMARTS) is 1. The largest absolute Gasteiger partial charge is 0.479 e. The second-order valence-corrected chi connectivity index (χ2v) is 6.05. The zero-order chi connectivity index (χ0) is 17.3. The SMILES string of the molecule is Cc1ccc(C(C)C)c(O[C@H]2O[C@@H](C(=O)O)[C@@H](O)[C@@H](O)[C@H]2O)c1. The Bertz CT molecular complexity index is 572. The van der Waals surface area contributed by atoms with Crippen molar-refractivity contribution in [1.29, 1.82) is 0 Å². The Morgan fingerprint density at radius 2 is 1.83 bits per heavy atom. The Labute approximate surface area is 134 Å². The third-order valence-electron chi connectivity index (χ3n) is 3.85. The molecule has 0 saturated carbocycles. The molecule has 1 saturated heterocycles. The molecule has 1 aliphatic rings.